The van der Waals surface area contributed by atoms with Crippen molar-refractivity contribution in [1.82, 2.24) is 0 Å². The molecule has 0 heterocycles. The third kappa shape index (κ3) is 5.98. The lowest BCUT2D eigenvalue weighted by molar-refractivity contribution is -0.115. The van der Waals surface area contributed by atoms with Crippen molar-refractivity contribution >= 4 is 40.9 Å². The summed E-state index contributed by atoms with van der Waals surface area (Å²) in [5, 5.41) is 14.4. The highest BCUT2D eigenvalue weighted by atomic mass is 32.2. The minimum absolute atomic E-state index is 0.114. The summed E-state index contributed by atoms with van der Waals surface area (Å²) in [6.45, 7) is 5.54. The van der Waals surface area contributed by atoms with Crippen molar-refractivity contribution in [3.8, 4) is 0 Å². The summed E-state index contributed by atoms with van der Waals surface area (Å²) in [6, 6.07) is 19.2. The van der Waals surface area contributed by atoms with Crippen molar-refractivity contribution in [3.63, 3.8) is 0 Å². The van der Waals surface area contributed by atoms with E-state index in [9.17, 15) is 14.4 Å². The van der Waals surface area contributed by atoms with Gasteiger partial charge in [-0.3, -0.25) is 9.59 Å². The largest absolute Gasteiger partial charge is 0.478 e. The maximum Gasteiger partial charge on any atom is 0.335 e. The number of carboxylic acid groups (broad SMARTS) is 1. The van der Waals surface area contributed by atoms with Crippen LogP contribution in [0.2, 0.25) is 0 Å². The van der Waals surface area contributed by atoms with Gasteiger partial charge in [0.05, 0.1) is 10.8 Å². The first kappa shape index (κ1) is 23.1. The Bertz CT molecular complexity index is 1160. The minimum Gasteiger partial charge on any atom is -0.478 e. The highest BCUT2D eigenvalue weighted by Crippen LogP contribution is 2.27. The fraction of sp³-hybridized carbons (Fsp3) is 0.160. The third-order valence-corrected chi connectivity index (χ3v) is 5.92. The quantitative estimate of drug-likeness (QED) is 0.422. The molecule has 3 rings (SSSR count). The van der Waals surface area contributed by atoms with Gasteiger partial charge in [0.2, 0.25) is 5.91 Å². The number of aryl methyl sites for hydroxylation is 2. The lowest BCUT2D eigenvalue weighted by Gasteiger charge is -2.15. The topological polar surface area (TPSA) is 95.5 Å². The maximum atomic E-state index is 12.7. The molecule has 0 bridgehead atoms. The van der Waals surface area contributed by atoms with E-state index in [0.717, 1.165) is 16.0 Å². The number of anilines is 2. The van der Waals surface area contributed by atoms with Gasteiger partial charge in [-0.15, -0.1) is 11.8 Å². The van der Waals surface area contributed by atoms with E-state index in [1.807, 2.05) is 37.3 Å². The summed E-state index contributed by atoms with van der Waals surface area (Å²) in [6.07, 6.45) is 0. The number of rotatable bonds is 7. The van der Waals surface area contributed by atoms with Gasteiger partial charge in [0, 0.05) is 21.8 Å². The molecule has 1 atom stereocenters. The molecule has 0 radical (unpaired) electrons. The van der Waals surface area contributed by atoms with Gasteiger partial charge in [-0.05, 0) is 68.8 Å². The lowest BCUT2D eigenvalue weighted by Crippen LogP contribution is -2.23. The fourth-order valence-corrected chi connectivity index (χ4v) is 3.86. The smallest absolute Gasteiger partial charge is 0.335 e. The number of carboxylic acids is 1. The first-order chi connectivity index (χ1) is 15.2. The number of carbonyl (C=O) groups excluding carboxylic acids is 2. The Morgan fingerprint density at radius 1 is 0.875 bits per heavy atom. The van der Waals surface area contributed by atoms with Crippen LogP contribution in [0.1, 0.15) is 38.8 Å². The number of amides is 2. The molecule has 0 aliphatic heterocycles. The van der Waals surface area contributed by atoms with E-state index in [0.29, 0.717) is 16.9 Å². The summed E-state index contributed by atoms with van der Waals surface area (Å²) in [5.41, 5.74) is 3.65. The predicted octanol–water partition coefficient (Wildman–Crippen LogP) is 5.37. The molecule has 3 aromatic rings. The minimum atomic E-state index is -1.05. The van der Waals surface area contributed by atoms with Gasteiger partial charge in [-0.2, -0.15) is 0 Å². The van der Waals surface area contributed by atoms with Gasteiger partial charge in [0.1, 0.15) is 0 Å². The molecule has 2 amide bonds. The highest BCUT2D eigenvalue weighted by molar-refractivity contribution is 8.00. The average molecular weight is 449 g/mol. The van der Waals surface area contributed by atoms with E-state index in [4.69, 9.17) is 5.11 Å². The number of aromatic carboxylic acids is 1. The lowest BCUT2D eigenvalue weighted by atomic mass is 10.1. The zero-order valence-electron chi connectivity index (χ0n) is 18.0. The van der Waals surface area contributed by atoms with Crippen LogP contribution in [-0.4, -0.2) is 28.1 Å². The standard InChI is InChI=1S/C25H24N2O4S/c1-15-7-10-18(11-8-15)24(29)26-20-5-4-6-21(14-20)32-17(3)23(28)27-22-13-19(25(30)31)12-9-16(22)2/h4-14,17H,1-3H3,(H,26,29)(H,27,28)(H,30,31). The molecule has 0 saturated carbocycles. The normalized spacial score (nSPS) is 11.5. The van der Waals surface area contributed by atoms with Crippen LogP contribution in [0.3, 0.4) is 0 Å². The number of thioether (sulfide) groups is 1. The van der Waals surface area contributed by atoms with Crippen LogP contribution in [0.5, 0.6) is 0 Å². The zero-order chi connectivity index (χ0) is 23.3. The van der Waals surface area contributed by atoms with E-state index in [1.165, 1.54) is 23.9 Å². The van der Waals surface area contributed by atoms with Gasteiger partial charge >= 0.3 is 5.97 Å². The first-order valence-corrected chi connectivity index (χ1v) is 10.9. The van der Waals surface area contributed by atoms with Crippen LogP contribution in [0, 0.1) is 13.8 Å². The molecular formula is C25H24N2O4S. The highest BCUT2D eigenvalue weighted by Gasteiger charge is 2.17. The van der Waals surface area contributed by atoms with Gasteiger partial charge in [0.15, 0.2) is 0 Å². The molecule has 0 aliphatic rings. The molecule has 0 aromatic heterocycles. The number of carbonyl (C=O) groups is 3. The van der Waals surface area contributed by atoms with Crippen LogP contribution in [0.25, 0.3) is 0 Å². The summed E-state index contributed by atoms with van der Waals surface area (Å²) in [7, 11) is 0. The number of hydrogen-bond acceptors (Lipinski definition) is 4. The van der Waals surface area contributed by atoms with E-state index < -0.39 is 11.2 Å². The SMILES string of the molecule is Cc1ccc(C(=O)Nc2cccc(SC(C)C(=O)Nc3cc(C(=O)O)ccc3C)c2)cc1. The molecule has 3 aromatic carbocycles. The summed E-state index contributed by atoms with van der Waals surface area (Å²) in [5.74, 6) is -1.49. The van der Waals surface area contributed by atoms with Crippen molar-refractivity contribution in [1.29, 1.82) is 0 Å². The molecule has 1 unspecified atom stereocenters. The molecule has 0 fully saturated rings. The van der Waals surface area contributed by atoms with Crippen molar-refractivity contribution in [2.24, 2.45) is 0 Å². The molecule has 0 saturated heterocycles. The van der Waals surface area contributed by atoms with E-state index in [-0.39, 0.29) is 17.4 Å². The van der Waals surface area contributed by atoms with Gasteiger partial charge in [-0.25, -0.2) is 4.79 Å². The van der Waals surface area contributed by atoms with Crippen LogP contribution < -0.4 is 10.6 Å². The second kappa shape index (κ2) is 10.2. The van der Waals surface area contributed by atoms with Gasteiger partial charge in [0.25, 0.3) is 5.91 Å². The second-order valence-electron chi connectivity index (χ2n) is 7.43. The number of hydrogen-bond donors (Lipinski definition) is 3. The van der Waals surface area contributed by atoms with Crippen LogP contribution in [0.15, 0.2) is 71.6 Å². The monoisotopic (exact) mass is 448 g/mol. The van der Waals surface area contributed by atoms with Crippen molar-refractivity contribution in [2.45, 2.75) is 30.9 Å². The van der Waals surface area contributed by atoms with Crippen LogP contribution in [0.4, 0.5) is 11.4 Å². The van der Waals surface area contributed by atoms with Gasteiger partial charge < -0.3 is 15.7 Å². The zero-order valence-corrected chi connectivity index (χ0v) is 18.8. The third-order valence-electron chi connectivity index (χ3n) is 4.83. The van der Waals surface area contributed by atoms with Gasteiger partial charge in [-0.1, -0.05) is 29.8 Å². The Labute approximate surface area is 191 Å². The van der Waals surface area contributed by atoms with E-state index in [1.54, 1.807) is 38.1 Å². The van der Waals surface area contributed by atoms with Crippen LogP contribution in [-0.2, 0) is 4.79 Å². The van der Waals surface area contributed by atoms with Crippen LogP contribution >= 0.6 is 11.8 Å². The predicted molar refractivity (Wildman–Crippen MR) is 128 cm³/mol. The van der Waals surface area contributed by atoms with Crippen molar-refractivity contribution < 1.29 is 19.5 Å². The summed E-state index contributed by atoms with van der Waals surface area (Å²) in [4.78, 5) is 37.1. The molecule has 3 N–H and O–H groups in total. The van der Waals surface area contributed by atoms with E-state index >= 15 is 0 Å². The Morgan fingerprint density at radius 3 is 2.25 bits per heavy atom. The number of nitrogens with one attached hydrogen (secondary N) is 2. The fourth-order valence-electron chi connectivity index (χ4n) is 2.94. The van der Waals surface area contributed by atoms with Crippen molar-refractivity contribution in [3.05, 3.63) is 89.0 Å². The first-order valence-electron chi connectivity index (χ1n) is 10.0. The number of benzene rings is 3. The molecule has 0 spiro atoms. The average Bonchev–Trinajstić information content (AvgIpc) is 2.75. The molecular weight excluding hydrogens is 424 g/mol. The molecule has 0 aliphatic carbocycles. The molecule has 7 heteroatoms. The Morgan fingerprint density at radius 2 is 1.56 bits per heavy atom. The Kier molecular flexibility index (Phi) is 7.33. The summed E-state index contributed by atoms with van der Waals surface area (Å²) >= 11 is 1.35. The second-order valence-corrected chi connectivity index (χ2v) is 8.85. The molecule has 32 heavy (non-hydrogen) atoms. The summed E-state index contributed by atoms with van der Waals surface area (Å²) < 4.78 is 0. The van der Waals surface area contributed by atoms with E-state index in [2.05, 4.69) is 10.6 Å². The molecule has 6 nitrogen and oxygen atoms in total. The maximum absolute atomic E-state index is 12.7. The Hall–Kier alpha value is -3.58. The van der Waals surface area contributed by atoms with Crippen molar-refractivity contribution in [2.75, 3.05) is 10.6 Å². The Balaban J connectivity index is 1.65. The molecule has 164 valence electrons.